The number of fused-ring (bicyclic) bond motifs is 1. The van der Waals surface area contributed by atoms with Crippen LogP contribution in [0.1, 0.15) is 35.1 Å². The van der Waals surface area contributed by atoms with Crippen LogP contribution in [0.25, 0.3) is 10.9 Å². The van der Waals surface area contributed by atoms with Gasteiger partial charge in [0.1, 0.15) is 5.82 Å². The summed E-state index contributed by atoms with van der Waals surface area (Å²) in [6, 6.07) is 4.78. The lowest BCUT2D eigenvalue weighted by Crippen LogP contribution is -2.39. The van der Waals surface area contributed by atoms with E-state index < -0.39 is 17.7 Å². The molecule has 0 spiro atoms. The van der Waals surface area contributed by atoms with Crippen LogP contribution in [0, 0.1) is 5.82 Å². The maximum absolute atomic E-state index is 13.5. The number of benzene rings is 1. The molecule has 1 aliphatic heterocycles. The first-order chi connectivity index (χ1) is 12.8. The molecule has 1 amide bonds. The lowest BCUT2D eigenvalue weighted by molar-refractivity contribution is -0.141. The Labute approximate surface area is 150 Å². The van der Waals surface area contributed by atoms with E-state index >= 15 is 0 Å². The Morgan fingerprint density at radius 2 is 1.93 bits per heavy atom. The molecule has 3 aromatic rings. The van der Waals surface area contributed by atoms with E-state index in [1.807, 2.05) is 0 Å². The minimum Gasteiger partial charge on any atom is -0.337 e. The summed E-state index contributed by atoms with van der Waals surface area (Å²) in [7, 11) is 0. The molecule has 1 aliphatic rings. The highest BCUT2D eigenvalue weighted by Crippen LogP contribution is 2.30. The number of hydrogen-bond acceptors (Lipinski definition) is 3. The number of alkyl halides is 3. The Morgan fingerprint density at radius 1 is 1.19 bits per heavy atom. The molecule has 0 saturated carbocycles. The molecule has 27 heavy (non-hydrogen) atoms. The van der Waals surface area contributed by atoms with Crippen LogP contribution in [-0.4, -0.2) is 43.9 Å². The summed E-state index contributed by atoms with van der Waals surface area (Å²) in [6.45, 7) is 0.711. The zero-order valence-electron chi connectivity index (χ0n) is 14.0. The van der Waals surface area contributed by atoms with Gasteiger partial charge in [0.25, 0.3) is 5.91 Å². The van der Waals surface area contributed by atoms with E-state index in [9.17, 15) is 22.4 Å². The van der Waals surface area contributed by atoms with E-state index in [0.29, 0.717) is 36.8 Å². The average Bonchev–Trinajstić information content (AvgIpc) is 3.28. The van der Waals surface area contributed by atoms with Gasteiger partial charge in [0.2, 0.25) is 0 Å². The largest absolute Gasteiger partial charge is 0.435 e. The van der Waals surface area contributed by atoms with E-state index in [1.54, 1.807) is 4.90 Å². The maximum atomic E-state index is 13.5. The Bertz CT molecular complexity index is 985. The number of hydrogen-bond donors (Lipinski definition) is 1. The van der Waals surface area contributed by atoms with Gasteiger partial charge in [-0.3, -0.25) is 14.6 Å². The van der Waals surface area contributed by atoms with Gasteiger partial charge in [-0.15, -0.1) is 0 Å². The molecule has 4 rings (SSSR count). The molecule has 0 bridgehead atoms. The van der Waals surface area contributed by atoms with Crippen molar-refractivity contribution in [2.75, 3.05) is 13.1 Å². The number of amides is 1. The number of aromatic amines is 1. The smallest absolute Gasteiger partial charge is 0.337 e. The molecule has 1 aromatic carbocycles. The number of likely N-dealkylation sites (tertiary alicyclic amines) is 1. The quantitative estimate of drug-likeness (QED) is 0.692. The number of nitrogens with one attached hydrogen (secondary N) is 1. The first-order valence-electron chi connectivity index (χ1n) is 8.38. The monoisotopic (exact) mass is 381 g/mol. The normalized spacial score (nSPS) is 16.2. The molecule has 142 valence electrons. The minimum absolute atomic E-state index is 0.140. The number of rotatable bonds is 2. The third kappa shape index (κ3) is 3.26. The Balaban J connectivity index is 1.46. The van der Waals surface area contributed by atoms with Crippen LogP contribution in [0.2, 0.25) is 0 Å². The summed E-state index contributed by atoms with van der Waals surface area (Å²) in [5, 5.41) is 10.7. The van der Waals surface area contributed by atoms with Gasteiger partial charge in [-0.2, -0.15) is 23.4 Å². The van der Waals surface area contributed by atoms with Gasteiger partial charge in [-0.05, 0) is 37.1 Å². The Hall–Kier alpha value is -2.91. The molecule has 0 atom stereocenters. The number of nitrogens with zero attached hydrogens (tertiary/aromatic N) is 4. The Kier molecular flexibility index (Phi) is 4.12. The van der Waals surface area contributed by atoms with Gasteiger partial charge in [-0.25, -0.2) is 4.39 Å². The molecule has 1 saturated heterocycles. The number of carbonyl (C=O) groups is 1. The Morgan fingerprint density at radius 3 is 2.59 bits per heavy atom. The zero-order valence-corrected chi connectivity index (χ0v) is 14.0. The van der Waals surface area contributed by atoms with Gasteiger partial charge < -0.3 is 4.90 Å². The molecule has 0 unspecified atom stereocenters. The van der Waals surface area contributed by atoms with Gasteiger partial charge in [-0.1, -0.05) is 0 Å². The molecule has 0 radical (unpaired) electrons. The van der Waals surface area contributed by atoms with Crippen LogP contribution in [0.5, 0.6) is 0 Å². The van der Waals surface area contributed by atoms with Crippen LogP contribution < -0.4 is 0 Å². The second kappa shape index (κ2) is 6.36. The first kappa shape index (κ1) is 17.5. The molecule has 3 heterocycles. The molecular weight excluding hydrogens is 366 g/mol. The van der Waals surface area contributed by atoms with Crippen LogP contribution in [0.15, 0.2) is 30.5 Å². The summed E-state index contributed by atoms with van der Waals surface area (Å²) in [5.41, 5.74) is -0.224. The number of piperidine rings is 1. The molecule has 1 N–H and O–H groups in total. The highest BCUT2D eigenvalue weighted by molar-refractivity contribution is 6.04. The molecule has 6 nitrogen and oxygen atoms in total. The first-order valence-corrected chi connectivity index (χ1v) is 8.38. The minimum atomic E-state index is -4.47. The van der Waals surface area contributed by atoms with E-state index in [4.69, 9.17) is 0 Å². The summed E-state index contributed by atoms with van der Waals surface area (Å²) in [4.78, 5) is 14.3. The van der Waals surface area contributed by atoms with Crippen molar-refractivity contribution in [2.24, 2.45) is 0 Å². The third-order valence-electron chi connectivity index (χ3n) is 4.75. The van der Waals surface area contributed by atoms with Crippen molar-refractivity contribution in [1.29, 1.82) is 0 Å². The fraction of sp³-hybridized carbons (Fsp3) is 0.353. The second-order valence-electron chi connectivity index (χ2n) is 6.46. The van der Waals surface area contributed by atoms with E-state index in [2.05, 4.69) is 15.3 Å². The summed E-state index contributed by atoms with van der Waals surface area (Å²) in [5.74, 6) is -0.794. The highest BCUT2D eigenvalue weighted by atomic mass is 19.4. The van der Waals surface area contributed by atoms with Crippen molar-refractivity contribution in [1.82, 2.24) is 24.9 Å². The SMILES string of the molecule is O=C(c1n[nH]c2ccc(F)cc12)N1CCC(n2ccc(C(F)(F)F)n2)CC1. The van der Waals surface area contributed by atoms with Gasteiger partial charge in [0.05, 0.1) is 11.6 Å². The van der Waals surface area contributed by atoms with Crippen molar-refractivity contribution in [3.05, 3.63) is 47.7 Å². The second-order valence-corrected chi connectivity index (χ2v) is 6.46. The fourth-order valence-corrected chi connectivity index (χ4v) is 3.33. The van der Waals surface area contributed by atoms with Crippen molar-refractivity contribution in [2.45, 2.75) is 25.1 Å². The van der Waals surface area contributed by atoms with Crippen molar-refractivity contribution in [3.8, 4) is 0 Å². The van der Waals surface area contributed by atoms with Crippen molar-refractivity contribution < 1.29 is 22.4 Å². The zero-order chi connectivity index (χ0) is 19.2. The molecule has 0 aliphatic carbocycles. The van der Waals surface area contributed by atoms with E-state index in [0.717, 1.165) is 6.07 Å². The number of H-pyrrole nitrogens is 1. The van der Waals surface area contributed by atoms with E-state index in [-0.39, 0.29) is 17.6 Å². The predicted molar refractivity (Wildman–Crippen MR) is 87.5 cm³/mol. The lowest BCUT2D eigenvalue weighted by atomic mass is 10.0. The topological polar surface area (TPSA) is 66.8 Å². The number of halogens is 4. The van der Waals surface area contributed by atoms with Crippen LogP contribution in [0.4, 0.5) is 17.6 Å². The summed E-state index contributed by atoms with van der Waals surface area (Å²) >= 11 is 0. The van der Waals surface area contributed by atoms with Crippen molar-refractivity contribution in [3.63, 3.8) is 0 Å². The predicted octanol–water partition coefficient (Wildman–Crippen LogP) is 3.39. The van der Waals surface area contributed by atoms with Gasteiger partial charge in [0, 0.05) is 24.7 Å². The van der Waals surface area contributed by atoms with Crippen LogP contribution in [-0.2, 0) is 6.18 Å². The van der Waals surface area contributed by atoms with Crippen LogP contribution in [0.3, 0.4) is 0 Å². The highest BCUT2D eigenvalue weighted by Gasteiger charge is 2.35. The lowest BCUT2D eigenvalue weighted by Gasteiger charge is -2.31. The van der Waals surface area contributed by atoms with Gasteiger partial charge in [0.15, 0.2) is 11.4 Å². The summed E-state index contributed by atoms with van der Waals surface area (Å²) < 4.78 is 52.8. The molecule has 10 heteroatoms. The standard InChI is InChI=1S/C17H15F4N5O/c18-10-1-2-13-12(9-10)15(23-22-13)16(27)25-6-3-11(4-7-25)26-8-5-14(24-26)17(19,20)21/h1-2,5,8-9,11H,3-4,6-7H2,(H,22,23). The van der Waals surface area contributed by atoms with E-state index in [1.165, 1.54) is 29.1 Å². The number of carbonyl (C=O) groups excluding carboxylic acids is 1. The molecule has 2 aromatic heterocycles. The van der Waals surface area contributed by atoms with Crippen LogP contribution >= 0.6 is 0 Å². The van der Waals surface area contributed by atoms with Crippen molar-refractivity contribution >= 4 is 16.8 Å². The maximum Gasteiger partial charge on any atom is 0.435 e. The third-order valence-corrected chi connectivity index (χ3v) is 4.75. The summed E-state index contributed by atoms with van der Waals surface area (Å²) in [6.07, 6.45) is -2.21. The molecular formula is C17H15F4N5O. The molecule has 1 fully saturated rings. The number of aromatic nitrogens is 4. The fourth-order valence-electron chi connectivity index (χ4n) is 3.33. The van der Waals surface area contributed by atoms with Gasteiger partial charge >= 0.3 is 6.18 Å². The average molecular weight is 381 g/mol.